The molecule has 4 aromatic carbocycles. The smallest absolute Gasteiger partial charge is 0.255 e. The van der Waals surface area contributed by atoms with Gasteiger partial charge in [0.05, 0.1) is 24.0 Å². The molecule has 0 saturated heterocycles. The third-order valence-corrected chi connectivity index (χ3v) is 7.26. The molecular weight excluding hydrogens is 697 g/mol. The van der Waals surface area contributed by atoms with Crippen LogP contribution < -0.4 is 20.1 Å². The lowest BCUT2D eigenvalue weighted by atomic mass is 10.1. The van der Waals surface area contributed by atoms with Crippen molar-refractivity contribution >= 4 is 58.0 Å². The highest BCUT2D eigenvalue weighted by Gasteiger charge is 2.11. The number of halogens is 3. The molecule has 6 rings (SSSR count). The summed E-state index contributed by atoms with van der Waals surface area (Å²) in [6, 6.07) is 32.2. The van der Waals surface area contributed by atoms with E-state index in [0.717, 1.165) is 5.69 Å². The van der Waals surface area contributed by atoms with Crippen LogP contribution in [0.5, 0.6) is 23.0 Å². The predicted octanol–water partition coefficient (Wildman–Crippen LogP) is 10.4. The first-order valence-corrected chi connectivity index (χ1v) is 15.9. The van der Waals surface area contributed by atoms with Crippen molar-refractivity contribution in [2.75, 3.05) is 10.6 Å². The quantitative estimate of drug-likeness (QED) is 0.160. The van der Waals surface area contributed by atoms with Crippen LogP contribution in [0.2, 0.25) is 15.1 Å². The third kappa shape index (κ3) is 10.5. The van der Waals surface area contributed by atoms with E-state index < -0.39 is 0 Å². The summed E-state index contributed by atoms with van der Waals surface area (Å²) >= 11 is 18.1. The third-order valence-electron chi connectivity index (χ3n) is 6.59. The molecule has 0 radical (unpaired) electrons. The van der Waals surface area contributed by atoms with Crippen LogP contribution >= 0.6 is 34.8 Å². The van der Waals surface area contributed by atoms with Crippen molar-refractivity contribution in [3.05, 3.63) is 165 Å². The van der Waals surface area contributed by atoms with Crippen molar-refractivity contribution in [1.29, 1.82) is 5.26 Å². The number of anilines is 2. The van der Waals surface area contributed by atoms with Gasteiger partial charge in [0.25, 0.3) is 11.8 Å². The van der Waals surface area contributed by atoms with E-state index in [1.807, 2.05) is 25.1 Å². The number of amides is 2. The first-order chi connectivity index (χ1) is 24.1. The number of nitrogens with zero attached hydrogens (tertiary/aromatic N) is 3. The Morgan fingerprint density at radius 2 is 1.24 bits per heavy atom. The number of ether oxygens (including phenoxy) is 2. The van der Waals surface area contributed by atoms with E-state index in [0.29, 0.717) is 66.1 Å². The molecule has 2 amide bonds. The number of hydrogen-bond donors (Lipinski definition) is 2. The van der Waals surface area contributed by atoms with Crippen molar-refractivity contribution < 1.29 is 19.1 Å². The molecule has 0 aliphatic heterocycles. The zero-order valence-corrected chi connectivity index (χ0v) is 28.5. The van der Waals surface area contributed by atoms with E-state index in [1.54, 1.807) is 110 Å². The van der Waals surface area contributed by atoms with Gasteiger partial charge in [-0.2, -0.15) is 5.26 Å². The van der Waals surface area contributed by atoms with Gasteiger partial charge < -0.3 is 20.1 Å². The maximum absolute atomic E-state index is 12.3. The first kappa shape index (κ1) is 35.4. The number of hydrogen-bond acceptors (Lipinski definition) is 7. The van der Waals surface area contributed by atoms with Crippen LogP contribution in [-0.4, -0.2) is 21.8 Å². The molecule has 248 valence electrons. The molecular formula is C38H26Cl3N5O4. The van der Waals surface area contributed by atoms with Crippen molar-refractivity contribution in [2.45, 2.75) is 6.92 Å². The van der Waals surface area contributed by atoms with E-state index in [9.17, 15) is 9.59 Å². The number of rotatable bonds is 8. The average Bonchev–Trinajstić information content (AvgIpc) is 3.09. The molecule has 0 saturated carbocycles. The highest BCUT2D eigenvalue weighted by atomic mass is 35.5. The van der Waals surface area contributed by atoms with Crippen molar-refractivity contribution in [1.82, 2.24) is 9.97 Å². The Hall–Kier alpha value is -5.92. The van der Waals surface area contributed by atoms with Gasteiger partial charge in [0.2, 0.25) is 0 Å². The summed E-state index contributed by atoms with van der Waals surface area (Å²) in [5, 5.41) is 15.8. The SMILES string of the molecule is Cc1ccc(Oc2cc(Cl)cc(NC(=O)c3cccc(Cl)c3)c2)cn1.N#Cc1cccc(C(=O)Nc2cc(Cl)cc(Oc3cccnc3)c2)c1. The van der Waals surface area contributed by atoms with Crippen LogP contribution in [0.15, 0.2) is 128 Å². The summed E-state index contributed by atoms with van der Waals surface area (Å²) < 4.78 is 11.4. The second-order valence-corrected chi connectivity index (χ2v) is 11.8. The summed E-state index contributed by atoms with van der Waals surface area (Å²) in [5.74, 6) is 1.49. The first-order valence-electron chi connectivity index (χ1n) is 14.8. The number of pyridine rings is 2. The summed E-state index contributed by atoms with van der Waals surface area (Å²) in [7, 11) is 0. The molecule has 0 aliphatic carbocycles. The minimum Gasteiger partial charge on any atom is -0.456 e. The van der Waals surface area contributed by atoms with Crippen LogP contribution in [0.3, 0.4) is 0 Å². The second-order valence-electron chi connectivity index (χ2n) is 10.5. The zero-order valence-electron chi connectivity index (χ0n) is 26.2. The molecule has 9 nitrogen and oxygen atoms in total. The van der Waals surface area contributed by atoms with E-state index in [2.05, 4.69) is 20.6 Å². The van der Waals surface area contributed by atoms with Crippen molar-refractivity contribution in [3.8, 4) is 29.1 Å². The van der Waals surface area contributed by atoms with Crippen molar-refractivity contribution in [3.63, 3.8) is 0 Å². The molecule has 6 aromatic rings. The van der Waals surface area contributed by atoms with E-state index >= 15 is 0 Å². The largest absolute Gasteiger partial charge is 0.456 e. The molecule has 0 bridgehead atoms. The fourth-order valence-corrected chi connectivity index (χ4v) is 4.99. The lowest BCUT2D eigenvalue weighted by Gasteiger charge is -2.10. The number of aromatic nitrogens is 2. The Morgan fingerprint density at radius 1 is 0.640 bits per heavy atom. The Balaban J connectivity index is 0.000000194. The summed E-state index contributed by atoms with van der Waals surface area (Å²) in [6.45, 7) is 1.90. The standard InChI is InChI=1S/C19H14Cl2N2O2.C19H12ClN3O2/c1-12-5-6-17(11-22-12)25-18-9-15(21)8-16(10-18)23-19(24)13-3-2-4-14(20)7-13;20-15-8-16(10-18(9-15)25-17-5-2-6-22-12-17)23-19(24)14-4-1-3-13(7-14)11-21/h2-11H,1H3,(H,23,24);1-10,12H,(H,23,24). The fourth-order valence-electron chi connectivity index (χ4n) is 4.35. The van der Waals surface area contributed by atoms with Gasteiger partial charge in [-0.25, -0.2) is 0 Å². The van der Waals surface area contributed by atoms with Crippen LogP contribution in [0.1, 0.15) is 32.0 Å². The Morgan fingerprint density at radius 3 is 1.78 bits per heavy atom. The van der Waals surface area contributed by atoms with Gasteiger partial charge in [-0.1, -0.05) is 46.9 Å². The molecule has 0 spiro atoms. The zero-order chi connectivity index (χ0) is 35.5. The Bertz CT molecular complexity index is 2180. The fraction of sp³-hybridized carbons (Fsp3) is 0.0263. The number of nitrogens with one attached hydrogen (secondary N) is 2. The lowest BCUT2D eigenvalue weighted by molar-refractivity contribution is 0.101. The number of nitriles is 1. The molecule has 0 fully saturated rings. The lowest BCUT2D eigenvalue weighted by Crippen LogP contribution is -2.12. The molecule has 0 aliphatic rings. The molecule has 0 atom stereocenters. The molecule has 0 unspecified atom stereocenters. The predicted molar refractivity (Wildman–Crippen MR) is 195 cm³/mol. The van der Waals surface area contributed by atoms with Gasteiger partial charge >= 0.3 is 0 Å². The number of carbonyl (C=O) groups is 2. The normalized spacial score (nSPS) is 10.1. The second kappa shape index (κ2) is 17.0. The van der Waals surface area contributed by atoms with Crippen molar-refractivity contribution in [2.24, 2.45) is 0 Å². The van der Waals surface area contributed by atoms with E-state index in [4.69, 9.17) is 49.5 Å². The van der Waals surface area contributed by atoms with Crippen LogP contribution in [-0.2, 0) is 0 Å². The monoisotopic (exact) mass is 721 g/mol. The molecule has 2 N–H and O–H groups in total. The molecule has 2 heterocycles. The minimum atomic E-state index is -0.341. The van der Waals surface area contributed by atoms with Gasteiger partial charge in [0.15, 0.2) is 0 Å². The maximum atomic E-state index is 12.3. The molecule has 2 aromatic heterocycles. The van der Waals surface area contributed by atoms with E-state index in [-0.39, 0.29) is 11.8 Å². The van der Waals surface area contributed by atoms with Crippen LogP contribution in [0, 0.1) is 18.3 Å². The number of benzene rings is 4. The summed E-state index contributed by atoms with van der Waals surface area (Å²) in [5.41, 5.74) is 3.16. The van der Waals surface area contributed by atoms with E-state index in [1.165, 1.54) is 6.07 Å². The number of carbonyl (C=O) groups excluding carboxylic acids is 2. The van der Waals surface area contributed by atoms with Crippen LogP contribution in [0.4, 0.5) is 11.4 Å². The van der Waals surface area contributed by atoms with Gasteiger partial charge in [0, 0.05) is 61.6 Å². The average molecular weight is 723 g/mol. The highest BCUT2D eigenvalue weighted by Crippen LogP contribution is 2.30. The Kier molecular flexibility index (Phi) is 12.0. The summed E-state index contributed by atoms with van der Waals surface area (Å²) in [4.78, 5) is 32.8. The number of aryl methyl sites for hydroxylation is 1. The molecule has 50 heavy (non-hydrogen) atoms. The van der Waals surface area contributed by atoms with Gasteiger partial charge in [0.1, 0.15) is 23.0 Å². The van der Waals surface area contributed by atoms with Crippen LogP contribution in [0.25, 0.3) is 0 Å². The van der Waals surface area contributed by atoms with Gasteiger partial charge in [-0.05, 0) is 91.9 Å². The van der Waals surface area contributed by atoms with Gasteiger partial charge in [-0.15, -0.1) is 0 Å². The topological polar surface area (TPSA) is 126 Å². The Labute approximate surface area is 303 Å². The summed E-state index contributed by atoms with van der Waals surface area (Å²) in [6.07, 6.45) is 4.85. The minimum absolute atomic E-state index is 0.285. The van der Waals surface area contributed by atoms with Gasteiger partial charge in [-0.3, -0.25) is 19.6 Å². The maximum Gasteiger partial charge on any atom is 0.255 e. The highest BCUT2D eigenvalue weighted by molar-refractivity contribution is 6.32. The molecule has 12 heteroatoms.